The van der Waals surface area contributed by atoms with Gasteiger partial charge in [0.2, 0.25) is 0 Å². The van der Waals surface area contributed by atoms with E-state index < -0.39 is 21.6 Å². The molecule has 1 aromatic carbocycles. The predicted molar refractivity (Wildman–Crippen MR) is 81.4 cm³/mol. The van der Waals surface area contributed by atoms with Crippen LogP contribution >= 0.6 is 34.8 Å². The summed E-state index contributed by atoms with van der Waals surface area (Å²) in [6.45, 7) is 1.59. The highest BCUT2D eigenvalue weighted by Gasteiger charge is 2.69. The number of nitrogens with one attached hydrogen (secondary N) is 1. The molecule has 1 atom stereocenters. The minimum Gasteiger partial charge on any atom is -0.455 e. The van der Waals surface area contributed by atoms with Gasteiger partial charge >= 0.3 is 5.97 Å². The first kappa shape index (κ1) is 16.4. The number of carbonyl (C=O) groups excluding carboxylic acids is 2. The molecule has 7 heteroatoms. The van der Waals surface area contributed by atoms with Gasteiger partial charge in [0.15, 0.2) is 6.61 Å². The van der Waals surface area contributed by atoms with E-state index in [0.29, 0.717) is 18.0 Å². The van der Waals surface area contributed by atoms with E-state index in [4.69, 9.17) is 39.5 Å². The number of amides is 1. The molecule has 1 amide bonds. The highest BCUT2D eigenvalue weighted by atomic mass is 35.5. The number of hydrogen-bond donors (Lipinski definition) is 1. The summed E-state index contributed by atoms with van der Waals surface area (Å²) in [6, 6.07) is 7.07. The van der Waals surface area contributed by atoms with Crippen molar-refractivity contribution in [2.75, 3.05) is 6.61 Å². The molecule has 0 aliphatic heterocycles. The molecule has 0 saturated heterocycles. The second kappa shape index (κ2) is 6.03. The molecule has 0 heterocycles. The first-order valence-electron chi connectivity index (χ1n) is 6.31. The van der Waals surface area contributed by atoms with Crippen LogP contribution in [0.5, 0.6) is 0 Å². The molecule has 21 heavy (non-hydrogen) atoms. The van der Waals surface area contributed by atoms with Crippen LogP contribution in [0, 0.1) is 5.41 Å². The van der Waals surface area contributed by atoms with Crippen LogP contribution in [0.1, 0.15) is 18.9 Å². The van der Waals surface area contributed by atoms with Crippen molar-refractivity contribution in [3.8, 4) is 0 Å². The number of carbonyl (C=O) groups is 2. The van der Waals surface area contributed by atoms with Crippen molar-refractivity contribution in [2.45, 2.75) is 24.2 Å². The van der Waals surface area contributed by atoms with Crippen molar-refractivity contribution in [1.29, 1.82) is 0 Å². The molecule has 0 aromatic heterocycles. The van der Waals surface area contributed by atoms with E-state index >= 15 is 0 Å². The SMILES string of the molecule is C[C@]1(C(=O)OCC(=O)NCc2ccc(Cl)cc2)CC1(Cl)Cl. The highest BCUT2D eigenvalue weighted by Crippen LogP contribution is 2.64. The van der Waals surface area contributed by atoms with Crippen LogP contribution in [0.15, 0.2) is 24.3 Å². The van der Waals surface area contributed by atoms with E-state index in [9.17, 15) is 9.59 Å². The second-order valence-corrected chi connectivity index (χ2v) is 7.11. The van der Waals surface area contributed by atoms with Crippen molar-refractivity contribution >= 4 is 46.7 Å². The molecule has 0 radical (unpaired) electrons. The van der Waals surface area contributed by atoms with Crippen molar-refractivity contribution in [1.82, 2.24) is 5.32 Å². The van der Waals surface area contributed by atoms with Crippen molar-refractivity contribution in [3.63, 3.8) is 0 Å². The molecule has 1 saturated carbocycles. The third-order valence-electron chi connectivity index (χ3n) is 3.45. The lowest BCUT2D eigenvalue weighted by atomic mass is 10.1. The van der Waals surface area contributed by atoms with Crippen LogP contribution in [0.25, 0.3) is 0 Å². The largest absolute Gasteiger partial charge is 0.455 e. The number of esters is 1. The first-order valence-corrected chi connectivity index (χ1v) is 7.44. The van der Waals surface area contributed by atoms with Gasteiger partial charge in [-0.15, -0.1) is 23.2 Å². The molecule has 1 aliphatic carbocycles. The Kier molecular flexibility index (Phi) is 4.71. The van der Waals surface area contributed by atoms with Crippen molar-refractivity contribution in [3.05, 3.63) is 34.9 Å². The molecule has 1 aliphatic rings. The van der Waals surface area contributed by atoms with Gasteiger partial charge in [0.1, 0.15) is 9.75 Å². The Bertz CT molecular complexity index is 559. The van der Waals surface area contributed by atoms with Crippen LogP contribution in [-0.2, 0) is 20.9 Å². The summed E-state index contributed by atoms with van der Waals surface area (Å²) in [4.78, 5) is 23.4. The van der Waals surface area contributed by atoms with E-state index in [0.717, 1.165) is 5.56 Å². The van der Waals surface area contributed by atoms with E-state index in [-0.39, 0.29) is 6.61 Å². The molecule has 1 fully saturated rings. The Labute approximate surface area is 137 Å². The normalized spacial score (nSPS) is 22.5. The second-order valence-electron chi connectivity index (χ2n) is 5.19. The average Bonchev–Trinajstić information content (AvgIpc) is 2.95. The summed E-state index contributed by atoms with van der Waals surface area (Å²) < 4.78 is 3.84. The van der Waals surface area contributed by atoms with Crippen LogP contribution in [0.3, 0.4) is 0 Å². The zero-order valence-electron chi connectivity index (χ0n) is 11.3. The summed E-state index contributed by atoms with van der Waals surface area (Å²) in [7, 11) is 0. The number of hydrogen-bond acceptors (Lipinski definition) is 3. The van der Waals surface area contributed by atoms with Crippen LogP contribution < -0.4 is 5.32 Å². The standard InChI is InChI=1S/C14H14Cl3NO3/c1-13(8-14(13,16)17)12(20)21-7-11(19)18-6-9-2-4-10(15)5-3-9/h2-5H,6-8H2,1H3,(H,18,19)/t13-/m1/s1. The molecule has 2 rings (SSSR count). The zero-order valence-corrected chi connectivity index (χ0v) is 13.6. The van der Waals surface area contributed by atoms with Gasteiger partial charge in [-0.1, -0.05) is 23.7 Å². The summed E-state index contributed by atoms with van der Waals surface area (Å²) in [6.07, 6.45) is 0.328. The quantitative estimate of drug-likeness (QED) is 0.656. The van der Waals surface area contributed by atoms with Crippen molar-refractivity contribution < 1.29 is 14.3 Å². The van der Waals surface area contributed by atoms with E-state index in [1.807, 2.05) is 0 Å². The van der Waals surface area contributed by atoms with Gasteiger partial charge in [0.25, 0.3) is 5.91 Å². The van der Waals surface area contributed by atoms with E-state index in [2.05, 4.69) is 5.32 Å². The maximum atomic E-state index is 11.8. The molecule has 0 spiro atoms. The minimum atomic E-state index is -1.09. The molecule has 0 unspecified atom stereocenters. The van der Waals surface area contributed by atoms with Gasteiger partial charge in [-0.25, -0.2) is 0 Å². The minimum absolute atomic E-state index is 0.328. The smallest absolute Gasteiger partial charge is 0.315 e. The Morgan fingerprint density at radius 1 is 1.29 bits per heavy atom. The van der Waals surface area contributed by atoms with Crippen LogP contribution in [0.2, 0.25) is 5.02 Å². The number of alkyl halides is 2. The predicted octanol–water partition coefficient (Wildman–Crippen LogP) is 3.08. The third-order valence-corrected chi connectivity index (χ3v) is 4.80. The number of halogens is 3. The Morgan fingerprint density at radius 3 is 2.38 bits per heavy atom. The van der Waals surface area contributed by atoms with Gasteiger partial charge in [-0.3, -0.25) is 9.59 Å². The van der Waals surface area contributed by atoms with Gasteiger partial charge in [0.05, 0.1) is 0 Å². The fraction of sp³-hybridized carbons (Fsp3) is 0.429. The Hall–Kier alpha value is -0.970. The zero-order chi connectivity index (χ0) is 15.7. The summed E-state index contributed by atoms with van der Waals surface area (Å²) >= 11 is 17.5. The Balaban J connectivity index is 1.73. The van der Waals surface area contributed by atoms with Crippen molar-refractivity contribution in [2.24, 2.45) is 5.41 Å². The molecule has 4 nitrogen and oxygen atoms in total. The lowest BCUT2D eigenvalue weighted by molar-refractivity contribution is -0.153. The summed E-state index contributed by atoms with van der Waals surface area (Å²) in [5.41, 5.74) is -0.0270. The molecule has 0 bridgehead atoms. The molecule has 1 N–H and O–H groups in total. The maximum Gasteiger partial charge on any atom is 0.315 e. The average molecular weight is 351 g/mol. The van der Waals surface area contributed by atoms with Gasteiger partial charge in [-0.05, 0) is 24.6 Å². The monoisotopic (exact) mass is 349 g/mol. The lowest BCUT2D eigenvalue weighted by Gasteiger charge is -2.11. The van der Waals surface area contributed by atoms with Gasteiger partial charge in [-0.2, -0.15) is 0 Å². The third kappa shape index (κ3) is 3.82. The van der Waals surface area contributed by atoms with Crippen LogP contribution in [0.4, 0.5) is 0 Å². The molecular formula is C14H14Cl3NO3. The highest BCUT2D eigenvalue weighted by molar-refractivity contribution is 6.53. The topological polar surface area (TPSA) is 55.4 Å². The first-order chi connectivity index (χ1) is 9.74. The van der Waals surface area contributed by atoms with E-state index in [1.54, 1.807) is 31.2 Å². The lowest BCUT2D eigenvalue weighted by Crippen LogP contribution is -2.31. The fourth-order valence-electron chi connectivity index (χ4n) is 1.77. The van der Waals surface area contributed by atoms with E-state index in [1.165, 1.54) is 0 Å². The molecule has 114 valence electrons. The van der Waals surface area contributed by atoms with Gasteiger partial charge in [0, 0.05) is 18.0 Å². The number of rotatable bonds is 5. The van der Waals surface area contributed by atoms with Gasteiger partial charge < -0.3 is 10.1 Å². The number of benzene rings is 1. The summed E-state index contributed by atoms with van der Waals surface area (Å²) in [5.74, 6) is -0.952. The summed E-state index contributed by atoms with van der Waals surface area (Å²) in [5, 5.41) is 3.27. The maximum absolute atomic E-state index is 11.8. The number of ether oxygens (including phenoxy) is 1. The van der Waals surface area contributed by atoms with Crippen LogP contribution in [-0.4, -0.2) is 22.8 Å². The molecular weight excluding hydrogens is 337 g/mol. The fourth-order valence-corrected chi connectivity index (χ4v) is 2.58. The molecule has 1 aromatic rings. The Morgan fingerprint density at radius 2 is 1.86 bits per heavy atom.